The summed E-state index contributed by atoms with van der Waals surface area (Å²) in [5, 5.41) is 9.24. The highest BCUT2D eigenvalue weighted by Crippen LogP contribution is 2.23. The molecule has 0 radical (unpaired) electrons. The van der Waals surface area contributed by atoms with Gasteiger partial charge in [-0.3, -0.25) is 4.79 Å². The summed E-state index contributed by atoms with van der Waals surface area (Å²) in [6.45, 7) is 8.74. The number of rotatable bonds is 3. The van der Waals surface area contributed by atoms with Gasteiger partial charge in [0.2, 0.25) is 5.91 Å². The number of nitrogens with zero attached hydrogens (tertiary/aromatic N) is 1. The van der Waals surface area contributed by atoms with Crippen LogP contribution >= 0.6 is 11.3 Å². The van der Waals surface area contributed by atoms with Crippen molar-refractivity contribution in [3.05, 3.63) is 16.1 Å². The highest BCUT2D eigenvalue weighted by atomic mass is 32.1. The first-order chi connectivity index (χ1) is 8.47. The van der Waals surface area contributed by atoms with E-state index in [0.717, 1.165) is 30.2 Å². The van der Waals surface area contributed by atoms with E-state index in [0.29, 0.717) is 6.54 Å². The maximum absolute atomic E-state index is 11.8. The van der Waals surface area contributed by atoms with E-state index < -0.39 is 0 Å². The molecule has 1 saturated heterocycles. The summed E-state index contributed by atoms with van der Waals surface area (Å²) in [5.41, 5.74) is 1.17. The molecule has 5 heteroatoms. The third-order valence-electron chi connectivity index (χ3n) is 3.17. The number of nitrogens with one attached hydrogen (secondary N) is 2. The van der Waals surface area contributed by atoms with Crippen LogP contribution in [0.25, 0.3) is 0 Å². The van der Waals surface area contributed by atoms with Gasteiger partial charge in [0.25, 0.3) is 0 Å². The van der Waals surface area contributed by atoms with Crippen LogP contribution in [0.15, 0.2) is 5.38 Å². The monoisotopic (exact) mass is 267 g/mol. The van der Waals surface area contributed by atoms with Crippen molar-refractivity contribution in [1.82, 2.24) is 15.6 Å². The van der Waals surface area contributed by atoms with Crippen molar-refractivity contribution < 1.29 is 4.79 Å². The van der Waals surface area contributed by atoms with Crippen molar-refractivity contribution in [3.8, 4) is 0 Å². The Bertz CT molecular complexity index is 416. The molecule has 0 saturated carbocycles. The fourth-order valence-electron chi connectivity index (χ4n) is 1.92. The molecule has 1 amide bonds. The minimum Gasteiger partial charge on any atom is -0.349 e. The van der Waals surface area contributed by atoms with E-state index in [2.05, 4.69) is 41.8 Å². The van der Waals surface area contributed by atoms with Crippen LogP contribution in [-0.2, 0) is 16.8 Å². The van der Waals surface area contributed by atoms with Gasteiger partial charge in [-0.1, -0.05) is 20.8 Å². The van der Waals surface area contributed by atoms with Gasteiger partial charge in [0.1, 0.15) is 5.01 Å². The van der Waals surface area contributed by atoms with Crippen molar-refractivity contribution in [2.45, 2.75) is 39.2 Å². The summed E-state index contributed by atoms with van der Waals surface area (Å²) in [5.74, 6) is 0.277. The molecule has 4 nitrogen and oxygen atoms in total. The van der Waals surface area contributed by atoms with E-state index in [1.54, 1.807) is 11.3 Å². The molecule has 18 heavy (non-hydrogen) atoms. The summed E-state index contributed by atoms with van der Waals surface area (Å²) >= 11 is 1.62. The van der Waals surface area contributed by atoms with E-state index in [-0.39, 0.29) is 17.2 Å². The molecule has 1 atom stereocenters. The first-order valence-corrected chi connectivity index (χ1v) is 7.28. The molecule has 1 aliphatic heterocycles. The zero-order valence-electron chi connectivity index (χ0n) is 11.2. The maximum atomic E-state index is 11.8. The van der Waals surface area contributed by atoms with Gasteiger partial charge in [-0.25, -0.2) is 4.98 Å². The topological polar surface area (TPSA) is 54.0 Å². The zero-order valence-corrected chi connectivity index (χ0v) is 12.1. The van der Waals surface area contributed by atoms with Crippen molar-refractivity contribution in [2.24, 2.45) is 5.92 Å². The van der Waals surface area contributed by atoms with Gasteiger partial charge in [-0.05, 0) is 13.0 Å². The van der Waals surface area contributed by atoms with Gasteiger partial charge in [0.05, 0.1) is 18.2 Å². The number of hydrogen-bond donors (Lipinski definition) is 2. The highest BCUT2D eigenvalue weighted by Gasteiger charge is 2.22. The molecular weight excluding hydrogens is 246 g/mol. The van der Waals surface area contributed by atoms with Crippen molar-refractivity contribution >= 4 is 17.2 Å². The quantitative estimate of drug-likeness (QED) is 0.876. The lowest BCUT2D eigenvalue weighted by Crippen LogP contribution is -2.31. The number of aromatic nitrogens is 1. The van der Waals surface area contributed by atoms with Crippen LogP contribution in [0.2, 0.25) is 0 Å². The molecule has 0 aromatic carbocycles. The molecule has 1 unspecified atom stereocenters. The summed E-state index contributed by atoms with van der Waals surface area (Å²) in [7, 11) is 0. The van der Waals surface area contributed by atoms with Crippen molar-refractivity contribution in [3.63, 3.8) is 0 Å². The van der Waals surface area contributed by atoms with Gasteiger partial charge in [0, 0.05) is 17.3 Å². The van der Waals surface area contributed by atoms with Crippen molar-refractivity contribution in [2.75, 3.05) is 13.1 Å². The highest BCUT2D eigenvalue weighted by molar-refractivity contribution is 7.09. The predicted molar refractivity (Wildman–Crippen MR) is 73.6 cm³/mol. The molecule has 0 aliphatic carbocycles. The SMILES string of the molecule is CC(C)(C)c1csc(CNC(=O)C2CCNC2)n1. The number of carbonyl (C=O) groups excluding carboxylic acids is 1. The third-order valence-corrected chi connectivity index (χ3v) is 4.01. The molecule has 1 aliphatic rings. The first kappa shape index (κ1) is 13.5. The minimum absolute atomic E-state index is 0.0775. The summed E-state index contributed by atoms with van der Waals surface area (Å²) in [4.78, 5) is 16.4. The Labute approximate surface area is 112 Å². The Hall–Kier alpha value is -0.940. The van der Waals surface area contributed by atoms with Gasteiger partial charge in [0.15, 0.2) is 0 Å². The average Bonchev–Trinajstić information content (AvgIpc) is 2.96. The predicted octanol–water partition coefficient (Wildman–Crippen LogP) is 1.67. The van der Waals surface area contributed by atoms with Crippen LogP contribution < -0.4 is 10.6 Å². The van der Waals surface area contributed by atoms with Crippen LogP contribution in [-0.4, -0.2) is 24.0 Å². The van der Waals surface area contributed by atoms with Crippen molar-refractivity contribution in [1.29, 1.82) is 0 Å². The Morgan fingerprint density at radius 1 is 1.61 bits per heavy atom. The average molecular weight is 267 g/mol. The lowest BCUT2D eigenvalue weighted by molar-refractivity contribution is -0.124. The largest absolute Gasteiger partial charge is 0.349 e. The van der Waals surface area contributed by atoms with Gasteiger partial charge in [-0.2, -0.15) is 0 Å². The van der Waals surface area contributed by atoms with Gasteiger partial charge in [-0.15, -0.1) is 11.3 Å². The third kappa shape index (κ3) is 3.29. The standard InChI is InChI=1S/C13H21N3OS/c1-13(2,3)10-8-18-11(16-10)7-15-12(17)9-4-5-14-6-9/h8-9,14H,4-7H2,1-3H3,(H,15,17). The Morgan fingerprint density at radius 3 is 2.94 bits per heavy atom. The van der Waals surface area contributed by atoms with E-state index in [4.69, 9.17) is 0 Å². The van der Waals surface area contributed by atoms with Crippen LogP contribution in [0.4, 0.5) is 0 Å². The van der Waals surface area contributed by atoms with Gasteiger partial charge >= 0.3 is 0 Å². The molecular formula is C13H21N3OS. The number of carbonyl (C=O) groups is 1. The first-order valence-electron chi connectivity index (χ1n) is 6.40. The van der Waals surface area contributed by atoms with Crippen LogP contribution in [0.5, 0.6) is 0 Å². The van der Waals surface area contributed by atoms with Crippen LogP contribution in [0, 0.1) is 5.92 Å². The lowest BCUT2D eigenvalue weighted by Gasteiger charge is -2.14. The van der Waals surface area contributed by atoms with E-state index in [1.165, 1.54) is 0 Å². The molecule has 100 valence electrons. The maximum Gasteiger partial charge on any atom is 0.224 e. The second-order valence-electron chi connectivity index (χ2n) is 5.78. The fourth-order valence-corrected chi connectivity index (χ4v) is 2.88. The molecule has 2 heterocycles. The lowest BCUT2D eigenvalue weighted by atomic mass is 9.93. The zero-order chi connectivity index (χ0) is 13.2. The smallest absolute Gasteiger partial charge is 0.224 e. The molecule has 2 N–H and O–H groups in total. The number of hydrogen-bond acceptors (Lipinski definition) is 4. The Kier molecular flexibility index (Phi) is 4.02. The molecule has 1 aromatic rings. The minimum atomic E-state index is 0.0775. The number of thiazole rings is 1. The Morgan fingerprint density at radius 2 is 2.39 bits per heavy atom. The molecule has 2 rings (SSSR count). The van der Waals surface area contributed by atoms with Crippen LogP contribution in [0.3, 0.4) is 0 Å². The van der Waals surface area contributed by atoms with E-state index >= 15 is 0 Å². The van der Waals surface area contributed by atoms with Crippen LogP contribution in [0.1, 0.15) is 37.9 Å². The molecule has 0 spiro atoms. The molecule has 1 aromatic heterocycles. The van der Waals surface area contributed by atoms with Gasteiger partial charge < -0.3 is 10.6 Å². The second-order valence-corrected chi connectivity index (χ2v) is 6.73. The summed E-state index contributed by atoms with van der Waals surface area (Å²) in [6, 6.07) is 0. The second kappa shape index (κ2) is 5.36. The number of amides is 1. The normalized spacial score (nSPS) is 20.1. The molecule has 0 bridgehead atoms. The summed E-state index contributed by atoms with van der Waals surface area (Å²) < 4.78 is 0. The Balaban J connectivity index is 1.86. The summed E-state index contributed by atoms with van der Waals surface area (Å²) in [6.07, 6.45) is 0.941. The molecule has 1 fully saturated rings. The van der Waals surface area contributed by atoms with E-state index in [1.807, 2.05) is 0 Å². The fraction of sp³-hybridized carbons (Fsp3) is 0.692. The van der Waals surface area contributed by atoms with E-state index in [9.17, 15) is 4.79 Å².